The van der Waals surface area contributed by atoms with Crippen LogP contribution in [0.15, 0.2) is 0 Å². The molecule has 1 fully saturated rings. The van der Waals surface area contributed by atoms with E-state index in [-0.39, 0.29) is 18.0 Å². The number of sulfone groups is 1. The molecule has 1 heterocycles. The van der Waals surface area contributed by atoms with Crippen LogP contribution in [0, 0.1) is 11.8 Å². The summed E-state index contributed by atoms with van der Waals surface area (Å²) in [6, 6.07) is 0. The van der Waals surface area contributed by atoms with E-state index in [1.54, 1.807) is 6.92 Å². The van der Waals surface area contributed by atoms with E-state index in [0.29, 0.717) is 19.3 Å². The highest BCUT2D eigenvalue weighted by Crippen LogP contribution is 2.21. The van der Waals surface area contributed by atoms with Crippen molar-refractivity contribution >= 4 is 15.6 Å². The Hall–Kier alpha value is -0.820. The fourth-order valence-electron chi connectivity index (χ4n) is 1.79. The lowest BCUT2D eigenvalue weighted by Crippen LogP contribution is -2.35. The molecule has 0 aromatic carbocycles. The average Bonchev–Trinajstić information content (AvgIpc) is 2.17. The Morgan fingerprint density at radius 3 is 2.73 bits per heavy atom. The molecule has 84 valence electrons. The number of rotatable bonds is 3. The minimum absolute atomic E-state index is 0.155. The number of carbonyl (C=O) groups excluding carboxylic acids is 1. The third-order valence-electron chi connectivity index (χ3n) is 2.61. The van der Waals surface area contributed by atoms with E-state index in [1.807, 2.05) is 0 Å². The van der Waals surface area contributed by atoms with Crippen LogP contribution in [-0.4, -0.2) is 25.2 Å². The molecule has 0 radical (unpaired) electrons. The molecule has 0 N–H and O–H groups in total. The normalized spacial score (nSPS) is 23.9. The van der Waals surface area contributed by atoms with E-state index in [0.717, 1.165) is 6.42 Å². The maximum Gasteiger partial charge on any atom is 0.160 e. The lowest BCUT2D eigenvalue weighted by Gasteiger charge is -2.20. The van der Waals surface area contributed by atoms with Crippen molar-refractivity contribution in [3.05, 3.63) is 0 Å². The standard InChI is InChI=1S/C11H16O3S/c1-2-3-4-7-10(12)11-8-5-6-9-15(11,13)14/h11H,4-9H2,1H3. The number of ketones is 1. The third kappa shape index (κ3) is 3.35. The molecule has 1 aliphatic rings. The second-order valence-electron chi connectivity index (χ2n) is 3.74. The van der Waals surface area contributed by atoms with Gasteiger partial charge in [0.2, 0.25) is 0 Å². The molecule has 1 unspecified atom stereocenters. The first-order valence-corrected chi connectivity index (χ1v) is 6.93. The highest BCUT2D eigenvalue weighted by atomic mass is 32.2. The maximum atomic E-state index is 11.6. The molecule has 0 aliphatic carbocycles. The van der Waals surface area contributed by atoms with Crippen molar-refractivity contribution in [2.24, 2.45) is 0 Å². The summed E-state index contributed by atoms with van der Waals surface area (Å²) in [6.45, 7) is 1.71. The van der Waals surface area contributed by atoms with Crippen molar-refractivity contribution in [1.82, 2.24) is 0 Å². The fourth-order valence-corrected chi connectivity index (χ4v) is 3.72. The van der Waals surface area contributed by atoms with Crippen molar-refractivity contribution in [1.29, 1.82) is 0 Å². The topological polar surface area (TPSA) is 51.2 Å². The van der Waals surface area contributed by atoms with Crippen molar-refractivity contribution < 1.29 is 13.2 Å². The van der Waals surface area contributed by atoms with Crippen LogP contribution >= 0.6 is 0 Å². The fraction of sp³-hybridized carbons (Fsp3) is 0.727. The smallest absolute Gasteiger partial charge is 0.160 e. The Morgan fingerprint density at radius 2 is 2.13 bits per heavy atom. The van der Waals surface area contributed by atoms with Gasteiger partial charge < -0.3 is 0 Å². The number of hydrogen-bond donors (Lipinski definition) is 0. The van der Waals surface area contributed by atoms with E-state index >= 15 is 0 Å². The first-order valence-electron chi connectivity index (χ1n) is 5.22. The van der Waals surface area contributed by atoms with Crippen LogP contribution in [0.3, 0.4) is 0 Å². The van der Waals surface area contributed by atoms with E-state index in [1.165, 1.54) is 0 Å². The zero-order valence-corrected chi connectivity index (χ0v) is 9.77. The lowest BCUT2D eigenvalue weighted by molar-refractivity contribution is -0.118. The monoisotopic (exact) mass is 228 g/mol. The van der Waals surface area contributed by atoms with Gasteiger partial charge in [0.15, 0.2) is 15.6 Å². The largest absolute Gasteiger partial charge is 0.298 e. The summed E-state index contributed by atoms with van der Waals surface area (Å²) in [4.78, 5) is 11.6. The van der Waals surface area contributed by atoms with Crippen LogP contribution in [0.2, 0.25) is 0 Å². The van der Waals surface area contributed by atoms with Crippen LogP contribution in [0.1, 0.15) is 39.0 Å². The zero-order chi connectivity index (χ0) is 11.3. The number of carbonyl (C=O) groups is 1. The Bertz CT molecular complexity index is 384. The second-order valence-corrected chi connectivity index (χ2v) is 6.05. The van der Waals surface area contributed by atoms with Gasteiger partial charge in [0.25, 0.3) is 0 Å². The van der Waals surface area contributed by atoms with E-state index < -0.39 is 15.1 Å². The molecule has 0 spiro atoms. The average molecular weight is 228 g/mol. The molecule has 4 heteroatoms. The van der Waals surface area contributed by atoms with Gasteiger partial charge in [-0.3, -0.25) is 4.79 Å². The van der Waals surface area contributed by atoms with Gasteiger partial charge in [0.05, 0.1) is 5.75 Å². The van der Waals surface area contributed by atoms with Gasteiger partial charge in [-0.15, -0.1) is 11.8 Å². The molecule has 3 nitrogen and oxygen atoms in total. The molecule has 0 aromatic heterocycles. The molecule has 1 atom stereocenters. The Labute approximate surface area is 91.2 Å². The summed E-state index contributed by atoms with van der Waals surface area (Å²) in [5.74, 6) is 5.49. The highest BCUT2D eigenvalue weighted by Gasteiger charge is 2.33. The summed E-state index contributed by atoms with van der Waals surface area (Å²) in [5, 5.41) is -0.745. The predicted octanol–water partition coefficient (Wildman–Crippen LogP) is 1.33. The van der Waals surface area contributed by atoms with Gasteiger partial charge in [-0.2, -0.15) is 0 Å². The molecular formula is C11H16O3S. The molecule has 1 aliphatic heterocycles. The van der Waals surface area contributed by atoms with Crippen molar-refractivity contribution in [3.8, 4) is 11.8 Å². The first-order chi connectivity index (χ1) is 7.08. The quantitative estimate of drug-likeness (QED) is 0.685. The van der Waals surface area contributed by atoms with E-state index in [4.69, 9.17) is 0 Å². The maximum absolute atomic E-state index is 11.6. The van der Waals surface area contributed by atoms with Crippen molar-refractivity contribution in [3.63, 3.8) is 0 Å². The van der Waals surface area contributed by atoms with Crippen LogP contribution in [0.25, 0.3) is 0 Å². The molecule has 0 saturated carbocycles. The summed E-state index contributed by atoms with van der Waals surface area (Å²) < 4.78 is 23.2. The molecule has 0 amide bonds. The van der Waals surface area contributed by atoms with Crippen LogP contribution in [0.5, 0.6) is 0 Å². The molecule has 1 saturated heterocycles. The summed E-state index contributed by atoms with van der Waals surface area (Å²) >= 11 is 0. The van der Waals surface area contributed by atoms with Gasteiger partial charge in [-0.05, 0) is 19.8 Å². The molecular weight excluding hydrogens is 212 g/mol. The van der Waals surface area contributed by atoms with E-state index in [9.17, 15) is 13.2 Å². The highest BCUT2D eigenvalue weighted by molar-refractivity contribution is 7.92. The van der Waals surface area contributed by atoms with E-state index in [2.05, 4.69) is 11.8 Å². The summed E-state index contributed by atoms with van der Waals surface area (Å²) in [5.41, 5.74) is 0. The minimum atomic E-state index is -3.16. The summed E-state index contributed by atoms with van der Waals surface area (Å²) in [6.07, 6.45) is 2.78. The van der Waals surface area contributed by atoms with Crippen LogP contribution < -0.4 is 0 Å². The number of Topliss-reactive ketones (excluding diaryl/α,β-unsaturated/α-hetero) is 1. The lowest BCUT2D eigenvalue weighted by atomic mass is 10.1. The van der Waals surface area contributed by atoms with Gasteiger partial charge in [-0.25, -0.2) is 8.42 Å². The van der Waals surface area contributed by atoms with Crippen molar-refractivity contribution in [2.75, 3.05) is 5.75 Å². The van der Waals surface area contributed by atoms with Crippen molar-refractivity contribution in [2.45, 2.75) is 44.3 Å². The van der Waals surface area contributed by atoms with Gasteiger partial charge in [-0.1, -0.05) is 6.42 Å². The van der Waals surface area contributed by atoms with Crippen LogP contribution in [0.4, 0.5) is 0 Å². The third-order valence-corrected chi connectivity index (χ3v) is 4.83. The second kappa shape index (κ2) is 5.32. The Balaban J connectivity index is 2.60. The Morgan fingerprint density at radius 1 is 1.40 bits per heavy atom. The minimum Gasteiger partial charge on any atom is -0.298 e. The number of hydrogen-bond acceptors (Lipinski definition) is 3. The zero-order valence-electron chi connectivity index (χ0n) is 8.95. The molecule has 0 bridgehead atoms. The van der Waals surface area contributed by atoms with Crippen LogP contribution in [-0.2, 0) is 14.6 Å². The SMILES string of the molecule is CC#CCCC(=O)C1CCCCS1(=O)=O. The van der Waals surface area contributed by atoms with Gasteiger partial charge in [0.1, 0.15) is 5.25 Å². The molecule has 1 rings (SSSR count). The Kier molecular flexibility index (Phi) is 4.34. The molecule has 15 heavy (non-hydrogen) atoms. The predicted molar refractivity (Wildman–Crippen MR) is 59.1 cm³/mol. The molecule has 0 aromatic rings. The van der Waals surface area contributed by atoms with Gasteiger partial charge >= 0.3 is 0 Å². The summed E-state index contributed by atoms with van der Waals surface area (Å²) in [7, 11) is -3.16. The first kappa shape index (κ1) is 12.3. The van der Waals surface area contributed by atoms with Gasteiger partial charge in [0, 0.05) is 12.8 Å².